The first-order valence-electron chi connectivity index (χ1n) is 10.6. The molecule has 2 saturated heterocycles. The number of amides is 2. The van der Waals surface area contributed by atoms with Crippen LogP contribution >= 0.6 is 0 Å². The van der Waals surface area contributed by atoms with Gasteiger partial charge in [-0.2, -0.15) is 0 Å². The fourth-order valence-electron chi connectivity index (χ4n) is 4.20. The van der Waals surface area contributed by atoms with Crippen molar-refractivity contribution < 1.29 is 9.59 Å². The van der Waals surface area contributed by atoms with Crippen LogP contribution in [0.15, 0.2) is 24.3 Å². The summed E-state index contributed by atoms with van der Waals surface area (Å²) in [5, 5.41) is 9.43. The van der Waals surface area contributed by atoms with Crippen molar-refractivity contribution in [2.45, 2.75) is 58.2 Å². The van der Waals surface area contributed by atoms with Crippen LogP contribution in [-0.2, 0) is 16.1 Å². The normalized spacial score (nSPS) is 23.9. The largest absolute Gasteiger partial charge is 0.354 e. The maximum atomic E-state index is 12.6. The van der Waals surface area contributed by atoms with E-state index >= 15 is 0 Å². The standard InChI is InChI=1S/C22H34N4O2/c1-16-7-3-4-9-19(16)14-25-21(27)17(2)26-12-6-8-18(15-26)13-24-22(28)20-10-5-11-23-20/h3-4,7,9,17-18,20,23H,5-6,8,10-15H2,1-2H3,(H,24,28)(H,25,27). The molecular weight excluding hydrogens is 352 g/mol. The number of benzene rings is 1. The van der Waals surface area contributed by atoms with E-state index in [9.17, 15) is 9.59 Å². The Hall–Kier alpha value is -1.92. The van der Waals surface area contributed by atoms with E-state index in [-0.39, 0.29) is 23.9 Å². The van der Waals surface area contributed by atoms with Crippen LogP contribution in [0.2, 0.25) is 0 Å². The number of hydrogen-bond acceptors (Lipinski definition) is 4. The lowest BCUT2D eigenvalue weighted by molar-refractivity contribution is -0.127. The molecule has 2 amide bonds. The Morgan fingerprint density at radius 3 is 2.79 bits per heavy atom. The average Bonchev–Trinajstić information content (AvgIpc) is 3.26. The molecule has 3 rings (SSSR count). The Bertz CT molecular complexity index is 672. The minimum absolute atomic E-state index is 0.0224. The Morgan fingerprint density at radius 2 is 2.04 bits per heavy atom. The van der Waals surface area contributed by atoms with Crippen molar-refractivity contribution in [2.24, 2.45) is 5.92 Å². The summed E-state index contributed by atoms with van der Waals surface area (Å²) in [6.07, 6.45) is 4.18. The smallest absolute Gasteiger partial charge is 0.237 e. The molecule has 154 valence electrons. The number of aryl methyl sites for hydroxylation is 1. The zero-order valence-electron chi connectivity index (χ0n) is 17.2. The minimum atomic E-state index is -0.154. The van der Waals surface area contributed by atoms with Gasteiger partial charge >= 0.3 is 0 Å². The van der Waals surface area contributed by atoms with E-state index in [1.54, 1.807) is 0 Å². The summed E-state index contributed by atoms with van der Waals surface area (Å²) in [6, 6.07) is 7.96. The summed E-state index contributed by atoms with van der Waals surface area (Å²) in [7, 11) is 0. The summed E-state index contributed by atoms with van der Waals surface area (Å²) in [6.45, 7) is 8.05. The molecule has 3 N–H and O–H groups in total. The van der Waals surface area contributed by atoms with Crippen molar-refractivity contribution in [3.8, 4) is 0 Å². The molecule has 1 aromatic carbocycles. The second-order valence-corrected chi connectivity index (χ2v) is 8.22. The van der Waals surface area contributed by atoms with E-state index < -0.39 is 0 Å². The van der Waals surface area contributed by atoms with Crippen LogP contribution in [0, 0.1) is 12.8 Å². The van der Waals surface area contributed by atoms with Gasteiger partial charge in [0.2, 0.25) is 11.8 Å². The third kappa shape index (κ3) is 5.55. The number of nitrogens with one attached hydrogen (secondary N) is 3. The molecule has 6 heteroatoms. The molecule has 0 saturated carbocycles. The third-order valence-corrected chi connectivity index (χ3v) is 6.13. The molecule has 2 aliphatic rings. The monoisotopic (exact) mass is 386 g/mol. The fraction of sp³-hybridized carbons (Fsp3) is 0.636. The first-order valence-corrected chi connectivity index (χ1v) is 10.6. The van der Waals surface area contributed by atoms with Crippen LogP contribution in [0.5, 0.6) is 0 Å². The summed E-state index contributed by atoms with van der Waals surface area (Å²) in [5.74, 6) is 0.604. The van der Waals surface area contributed by atoms with E-state index in [1.165, 1.54) is 5.56 Å². The Kier molecular flexibility index (Phi) is 7.45. The first-order chi connectivity index (χ1) is 13.5. The molecule has 0 aliphatic carbocycles. The summed E-state index contributed by atoms with van der Waals surface area (Å²) in [5.41, 5.74) is 2.35. The van der Waals surface area contributed by atoms with Gasteiger partial charge in [-0.05, 0) is 69.7 Å². The Balaban J connectivity index is 1.44. The van der Waals surface area contributed by atoms with E-state index in [4.69, 9.17) is 0 Å². The number of rotatable bonds is 7. The van der Waals surface area contributed by atoms with E-state index in [0.717, 1.165) is 50.9 Å². The highest BCUT2D eigenvalue weighted by Gasteiger charge is 2.28. The fourth-order valence-corrected chi connectivity index (χ4v) is 4.20. The van der Waals surface area contributed by atoms with Crippen molar-refractivity contribution in [1.29, 1.82) is 0 Å². The zero-order valence-corrected chi connectivity index (χ0v) is 17.2. The van der Waals surface area contributed by atoms with Crippen molar-refractivity contribution >= 4 is 11.8 Å². The average molecular weight is 387 g/mol. The van der Waals surface area contributed by atoms with Gasteiger partial charge < -0.3 is 16.0 Å². The van der Waals surface area contributed by atoms with Crippen molar-refractivity contribution in [3.63, 3.8) is 0 Å². The third-order valence-electron chi connectivity index (χ3n) is 6.13. The molecule has 0 spiro atoms. The van der Waals surface area contributed by atoms with Crippen LogP contribution in [0.4, 0.5) is 0 Å². The molecule has 2 heterocycles. The molecule has 28 heavy (non-hydrogen) atoms. The van der Waals surface area contributed by atoms with Crippen molar-refractivity contribution in [3.05, 3.63) is 35.4 Å². The second-order valence-electron chi connectivity index (χ2n) is 8.22. The van der Waals surface area contributed by atoms with Gasteiger partial charge in [-0.3, -0.25) is 14.5 Å². The number of hydrogen-bond donors (Lipinski definition) is 3. The van der Waals surface area contributed by atoms with E-state index in [0.29, 0.717) is 19.0 Å². The lowest BCUT2D eigenvalue weighted by Crippen LogP contribution is -2.51. The van der Waals surface area contributed by atoms with Gasteiger partial charge in [-0.1, -0.05) is 24.3 Å². The van der Waals surface area contributed by atoms with Crippen molar-refractivity contribution in [1.82, 2.24) is 20.9 Å². The topological polar surface area (TPSA) is 73.5 Å². The molecular formula is C22H34N4O2. The second kappa shape index (κ2) is 10.0. The van der Waals surface area contributed by atoms with Gasteiger partial charge in [0.15, 0.2) is 0 Å². The highest BCUT2D eigenvalue weighted by atomic mass is 16.2. The predicted molar refractivity (Wildman–Crippen MR) is 111 cm³/mol. The molecule has 2 aliphatic heterocycles. The van der Waals surface area contributed by atoms with Gasteiger partial charge in [0.1, 0.15) is 0 Å². The van der Waals surface area contributed by atoms with Crippen LogP contribution < -0.4 is 16.0 Å². The van der Waals surface area contributed by atoms with Crippen molar-refractivity contribution in [2.75, 3.05) is 26.2 Å². The SMILES string of the molecule is Cc1ccccc1CNC(=O)C(C)N1CCCC(CNC(=O)C2CCCN2)C1. The first kappa shape index (κ1) is 20.8. The van der Waals surface area contributed by atoms with Crippen LogP contribution in [0.25, 0.3) is 0 Å². The number of likely N-dealkylation sites (tertiary alicyclic amines) is 1. The Morgan fingerprint density at radius 1 is 1.21 bits per heavy atom. The zero-order chi connectivity index (χ0) is 19.9. The van der Waals surface area contributed by atoms with E-state index in [1.807, 2.05) is 19.1 Å². The van der Waals surface area contributed by atoms with Gasteiger partial charge in [-0.25, -0.2) is 0 Å². The predicted octanol–water partition coefficient (Wildman–Crippen LogP) is 1.58. The molecule has 3 atom stereocenters. The number of piperidine rings is 1. The molecule has 1 aromatic rings. The van der Waals surface area contributed by atoms with E-state index in [2.05, 4.69) is 39.9 Å². The van der Waals surface area contributed by atoms with Crippen LogP contribution in [0.3, 0.4) is 0 Å². The van der Waals surface area contributed by atoms with Crippen LogP contribution in [0.1, 0.15) is 43.7 Å². The highest BCUT2D eigenvalue weighted by Crippen LogP contribution is 2.18. The summed E-state index contributed by atoms with van der Waals surface area (Å²) >= 11 is 0. The number of carbonyl (C=O) groups excluding carboxylic acids is 2. The maximum Gasteiger partial charge on any atom is 0.237 e. The number of nitrogens with zero attached hydrogens (tertiary/aromatic N) is 1. The lowest BCUT2D eigenvalue weighted by atomic mass is 9.96. The number of carbonyl (C=O) groups is 2. The van der Waals surface area contributed by atoms with Gasteiger partial charge in [0, 0.05) is 19.6 Å². The van der Waals surface area contributed by atoms with Gasteiger partial charge in [0.25, 0.3) is 0 Å². The molecule has 0 bridgehead atoms. The molecule has 2 fully saturated rings. The summed E-state index contributed by atoms with van der Waals surface area (Å²) < 4.78 is 0. The summed E-state index contributed by atoms with van der Waals surface area (Å²) in [4.78, 5) is 27.1. The molecule has 0 radical (unpaired) electrons. The maximum absolute atomic E-state index is 12.6. The van der Waals surface area contributed by atoms with Crippen LogP contribution in [-0.4, -0.2) is 55.0 Å². The highest BCUT2D eigenvalue weighted by molar-refractivity contribution is 5.82. The Labute approximate surface area is 168 Å². The molecule has 0 aromatic heterocycles. The molecule has 6 nitrogen and oxygen atoms in total. The van der Waals surface area contributed by atoms with Gasteiger partial charge in [-0.15, -0.1) is 0 Å². The lowest BCUT2D eigenvalue weighted by Gasteiger charge is -2.36. The quantitative estimate of drug-likeness (QED) is 0.665. The van der Waals surface area contributed by atoms with Gasteiger partial charge in [0.05, 0.1) is 12.1 Å². The minimum Gasteiger partial charge on any atom is -0.354 e. The molecule has 3 unspecified atom stereocenters.